The monoisotopic (exact) mass is 310 g/mol. The van der Waals surface area contributed by atoms with Crippen LogP contribution in [-0.4, -0.2) is 12.1 Å². The van der Waals surface area contributed by atoms with E-state index in [4.69, 9.17) is 5.73 Å². The quantitative estimate of drug-likeness (QED) is 0.824. The summed E-state index contributed by atoms with van der Waals surface area (Å²) >= 11 is 3.19. The van der Waals surface area contributed by atoms with Gasteiger partial charge in [0.1, 0.15) is 6.42 Å². The van der Waals surface area contributed by atoms with Gasteiger partial charge < -0.3 is 11.1 Å². The van der Waals surface area contributed by atoms with Crippen molar-refractivity contribution in [2.45, 2.75) is 19.5 Å². The van der Waals surface area contributed by atoms with Crippen molar-refractivity contribution in [1.29, 1.82) is 0 Å². The lowest BCUT2D eigenvalue weighted by atomic mass is 10.1. The molecule has 0 radical (unpaired) electrons. The molecule has 3 N–H and O–H groups in total. The number of benzene rings is 1. The highest BCUT2D eigenvalue weighted by Gasteiger charge is 2.31. The van der Waals surface area contributed by atoms with E-state index < -0.39 is 18.5 Å². The summed E-state index contributed by atoms with van der Waals surface area (Å²) in [6, 6.07) is 3.16. The Bertz CT molecular complexity index is 423. The number of nitrogens with two attached hydrogens (primary N) is 1. The standard InChI is InChI=1S/C10H10BrF3N2O/c1-5-2-6(11)3-7(15)9(5)16-8(17)4-10(12,13)14/h2-3H,4,15H2,1H3,(H,16,17). The maximum Gasteiger partial charge on any atom is 0.397 e. The molecule has 0 saturated carbocycles. The molecular weight excluding hydrogens is 301 g/mol. The van der Waals surface area contributed by atoms with Gasteiger partial charge in [-0.25, -0.2) is 0 Å². The highest BCUT2D eigenvalue weighted by molar-refractivity contribution is 9.10. The first-order chi connectivity index (χ1) is 7.69. The smallest absolute Gasteiger partial charge is 0.397 e. The van der Waals surface area contributed by atoms with Crippen molar-refractivity contribution in [2.24, 2.45) is 0 Å². The fourth-order valence-electron chi connectivity index (χ4n) is 1.31. The normalized spacial score (nSPS) is 11.4. The zero-order valence-electron chi connectivity index (χ0n) is 8.86. The first-order valence-electron chi connectivity index (χ1n) is 4.61. The molecule has 1 amide bonds. The fraction of sp³-hybridized carbons (Fsp3) is 0.300. The molecule has 0 fully saturated rings. The summed E-state index contributed by atoms with van der Waals surface area (Å²) in [4.78, 5) is 11.1. The third-order valence-electron chi connectivity index (χ3n) is 1.96. The highest BCUT2D eigenvalue weighted by atomic mass is 79.9. The molecule has 7 heteroatoms. The summed E-state index contributed by atoms with van der Waals surface area (Å²) in [5.74, 6) is -1.13. The van der Waals surface area contributed by atoms with Gasteiger partial charge in [0.15, 0.2) is 0 Å². The first-order valence-corrected chi connectivity index (χ1v) is 5.40. The number of anilines is 2. The SMILES string of the molecule is Cc1cc(Br)cc(N)c1NC(=O)CC(F)(F)F. The third kappa shape index (κ3) is 4.26. The lowest BCUT2D eigenvalue weighted by Crippen LogP contribution is -2.22. The van der Waals surface area contributed by atoms with E-state index in [0.29, 0.717) is 10.0 Å². The van der Waals surface area contributed by atoms with Crippen molar-refractivity contribution in [3.63, 3.8) is 0 Å². The third-order valence-corrected chi connectivity index (χ3v) is 2.41. The van der Waals surface area contributed by atoms with Crippen LogP contribution < -0.4 is 11.1 Å². The zero-order valence-corrected chi connectivity index (χ0v) is 10.4. The van der Waals surface area contributed by atoms with Gasteiger partial charge in [0.05, 0.1) is 11.4 Å². The number of alkyl halides is 3. The van der Waals surface area contributed by atoms with Crippen molar-refractivity contribution in [1.82, 2.24) is 0 Å². The molecule has 0 aromatic heterocycles. The maximum absolute atomic E-state index is 12.0. The Labute approximate surface area is 104 Å². The Morgan fingerprint density at radius 1 is 1.47 bits per heavy atom. The van der Waals surface area contributed by atoms with Crippen molar-refractivity contribution in [3.05, 3.63) is 22.2 Å². The van der Waals surface area contributed by atoms with E-state index in [2.05, 4.69) is 21.2 Å². The fourth-order valence-corrected chi connectivity index (χ4v) is 1.90. The molecule has 0 aliphatic carbocycles. The minimum Gasteiger partial charge on any atom is -0.397 e. The molecule has 0 atom stereocenters. The molecule has 0 heterocycles. The van der Waals surface area contributed by atoms with E-state index in [-0.39, 0.29) is 11.4 Å². The van der Waals surface area contributed by atoms with Gasteiger partial charge in [-0.2, -0.15) is 13.2 Å². The van der Waals surface area contributed by atoms with Crippen molar-refractivity contribution < 1.29 is 18.0 Å². The Hall–Kier alpha value is -1.24. The van der Waals surface area contributed by atoms with Crippen LogP contribution in [0.1, 0.15) is 12.0 Å². The van der Waals surface area contributed by atoms with E-state index in [0.717, 1.165) is 0 Å². The first kappa shape index (κ1) is 13.8. The second-order valence-electron chi connectivity index (χ2n) is 3.53. The molecular formula is C10H10BrF3N2O. The van der Waals surface area contributed by atoms with E-state index in [9.17, 15) is 18.0 Å². The summed E-state index contributed by atoms with van der Waals surface area (Å²) < 4.78 is 36.6. The molecule has 1 aromatic rings. The Morgan fingerprint density at radius 3 is 2.53 bits per heavy atom. The van der Waals surface area contributed by atoms with Crippen LogP contribution in [-0.2, 0) is 4.79 Å². The van der Waals surface area contributed by atoms with Crippen LogP contribution in [0.4, 0.5) is 24.5 Å². The lowest BCUT2D eigenvalue weighted by molar-refractivity contribution is -0.150. The van der Waals surface area contributed by atoms with E-state index in [1.807, 2.05) is 0 Å². The number of carbonyl (C=O) groups is 1. The molecule has 94 valence electrons. The van der Waals surface area contributed by atoms with Crippen LogP contribution in [0, 0.1) is 6.92 Å². The number of carbonyl (C=O) groups excluding carboxylic acids is 1. The number of hydrogen-bond acceptors (Lipinski definition) is 2. The van der Waals surface area contributed by atoms with Crippen LogP contribution in [0.25, 0.3) is 0 Å². The minimum absolute atomic E-state index is 0.211. The predicted octanol–water partition coefficient (Wildman–Crippen LogP) is 3.23. The van der Waals surface area contributed by atoms with Gasteiger partial charge in [0.25, 0.3) is 0 Å². The van der Waals surface area contributed by atoms with Crippen molar-refractivity contribution in [3.8, 4) is 0 Å². The van der Waals surface area contributed by atoms with Gasteiger partial charge >= 0.3 is 6.18 Å². The summed E-state index contributed by atoms with van der Waals surface area (Å²) in [6.07, 6.45) is -6.05. The molecule has 1 aromatic carbocycles. The van der Waals surface area contributed by atoms with Crippen LogP contribution in [0.15, 0.2) is 16.6 Å². The molecule has 1 rings (SSSR count). The zero-order chi connectivity index (χ0) is 13.2. The Kier molecular flexibility index (Phi) is 4.03. The second kappa shape index (κ2) is 4.95. The molecule has 0 aliphatic heterocycles. The molecule has 0 spiro atoms. The highest BCUT2D eigenvalue weighted by Crippen LogP contribution is 2.29. The molecule has 0 unspecified atom stereocenters. The largest absolute Gasteiger partial charge is 0.397 e. The molecule has 0 saturated heterocycles. The van der Waals surface area contributed by atoms with Crippen molar-refractivity contribution in [2.75, 3.05) is 11.1 Å². The number of hydrogen-bond donors (Lipinski definition) is 2. The number of rotatable bonds is 2. The molecule has 0 bridgehead atoms. The van der Waals surface area contributed by atoms with Gasteiger partial charge in [-0.3, -0.25) is 4.79 Å². The van der Waals surface area contributed by atoms with E-state index in [1.165, 1.54) is 6.07 Å². The maximum atomic E-state index is 12.0. The summed E-state index contributed by atoms with van der Waals surface area (Å²) in [5.41, 5.74) is 6.62. The summed E-state index contributed by atoms with van der Waals surface area (Å²) in [5, 5.41) is 2.16. The number of nitrogen functional groups attached to an aromatic ring is 1. The van der Waals surface area contributed by atoms with Crippen LogP contribution in [0.5, 0.6) is 0 Å². The average molecular weight is 311 g/mol. The van der Waals surface area contributed by atoms with Crippen LogP contribution >= 0.6 is 15.9 Å². The molecule has 17 heavy (non-hydrogen) atoms. The lowest BCUT2D eigenvalue weighted by Gasteiger charge is -2.12. The topological polar surface area (TPSA) is 55.1 Å². The Balaban J connectivity index is 2.86. The van der Waals surface area contributed by atoms with Gasteiger partial charge in [-0.1, -0.05) is 15.9 Å². The summed E-state index contributed by atoms with van der Waals surface area (Å²) in [6.45, 7) is 1.64. The van der Waals surface area contributed by atoms with Gasteiger partial charge in [-0.15, -0.1) is 0 Å². The van der Waals surface area contributed by atoms with E-state index in [1.54, 1.807) is 13.0 Å². The number of amides is 1. The van der Waals surface area contributed by atoms with Gasteiger partial charge in [-0.05, 0) is 24.6 Å². The van der Waals surface area contributed by atoms with Gasteiger partial charge in [0.2, 0.25) is 5.91 Å². The number of aryl methyl sites for hydroxylation is 1. The Morgan fingerprint density at radius 2 is 2.06 bits per heavy atom. The minimum atomic E-state index is -4.53. The van der Waals surface area contributed by atoms with Crippen LogP contribution in [0.2, 0.25) is 0 Å². The van der Waals surface area contributed by atoms with Crippen molar-refractivity contribution >= 4 is 33.2 Å². The molecule has 0 aliphatic rings. The molecule has 3 nitrogen and oxygen atoms in total. The summed E-state index contributed by atoms with van der Waals surface area (Å²) in [7, 11) is 0. The number of nitrogens with one attached hydrogen (secondary N) is 1. The second-order valence-corrected chi connectivity index (χ2v) is 4.44. The van der Waals surface area contributed by atoms with Crippen LogP contribution in [0.3, 0.4) is 0 Å². The number of halogens is 4. The average Bonchev–Trinajstić information content (AvgIpc) is 2.08. The predicted molar refractivity (Wildman–Crippen MR) is 62.6 cm³/mol. The van der Waals surface area contributed by atoms with E-state index >= 15 is 0 Å². The van der Waals surface area contributed by atoms with Gasteiger partial charge in [0, 0.05) is 4.47 Å².